The van der Waals surface area contributed by atoms with E-state index in [9.17, 15) is 5.11 Å². The van der Waals surface area contributed by atoms with Crippen LogP contribution in [0.25, 0.3) is 0 Å². The van der Waals surface area contributed by atoms with E-state index in [1.807, 2.05) is 20.9 Å². The normalized spacial score (nSPS) is 32.7. The van der Waals surface area contributed by atoms with Crippen molar-refractivity contribution in [3.63, 3.8) is 0 Å². The van der Waals surface area contributed by atoms with E-state index in [0.29, 0.717) is 6.61 Å². The van der Waals surface area contributed by atoms with Crippen molar-refractivity contribution in [1.29, 1.82) is 0 Å². The van der Waals surface area contributed by atoms with E-state index in [1.165, 1.54) is 0 Å². The van der Waals surface area contributed by atoms with E-state index < -0.39 is 5.60 Å². The highest BCUT2D eigenvalue weighted by molar-refractivity contribution is 5.02. The third-order valence-electron chi connectivity index (χ3n) is 2.67. The number of hydrogen-bond donors (Lipinski definition) is 2. The number of hydrogen-bond acceptors (Lipinski definition) is 3. The fourth-order valence-corrected chi connectivity index (χ4v) is 1.55. The third-order valence-corrected chi connectivity index (χ3v) is 2.67. The highest BCUT2D eigenvalue weighted by Crippen LogP contribution is 2.29. The highest BCUT2D eigenvalue weighted by Gasteiger charge is 2.45. The summed E-state index contributed by atoms with van der Waals surface area (Å²) in [5.74, 6) is 0. The van der Waals surface area contributed by atoms with Crippen molar-refractivity contribution in [2.45, 2.75) is 31.4 Å². The molecule has 0 radical (unpaired) electrons. The molecular weight excluding hydrogens is 142 g/mol. The summed E-state index contributed by atoms with van der Waals surface area (Å²) in [6.45, 7) is 4.98. The molecule has 1 aliphatic rings. The van der Waals surface area contributed by atoms with E-state index >= 15 is 0 Å². The van der Waals surface area contributed by atoms with Crippen LogP contribution in [-0.2, 0) is 4.74 Å². The van der Waals surface area contributed by atoms with Gasteiger partial charge in [-0.25, -0.2) is 0 Å². The predicted molar refractivity (Wildman–Crippen MR) is 43.5 cm³/mol. The molecule has 0 spiro atoms. The van der Waals surface area contributed by atoms with Gasteiger partial charge in [0, 0.05) is 6.61 Å². The number of rotatable bonds is 2. The van der Waals surface area contributed by atoms with Gasteiger partial charge in [-0.2, -0.15) is 0 Å². The fraction of sp³-hybridized carbons (Fsp3) is 1.00. The summed E-state index contributed by atoms with van der Waals surface area (Å²) in [6.07, 6.45) is 0.882. The van der Waals surface area contributed by atoms with Crippen LogP contribution < -0.4 is 5.32 Å². The van der Waals surface area contributed by atoms with Crippen LogP contribution in [0.5, 0.6) is 0 Å². The molecule has 1 heterocycles. The Kier molecular flexibility index (Phi) is 2.23. The second kappa shape index (κ2) is 2.73. The maximum Gasteiger partial charge on any atom is 0.0795 e. The van der Waals surface area contributed by atoms with Gasteiger partial charge < -0.3 is 15.2 Å². The molecule has 0 aliphatic carbocycles. The summed E-state index contributed by atoms with van der Waals surface area (Å²) in [5, 5.41) is 13.0. The van der Waals surface area contributed by atoms with Crippen molar-refractivity contribution in [2.24, 2.45) is 0 Å². The Balaban J connectivity index is 2.75. The number of likely N-dealkylation sites (N-methyl/N-ethyl adjacent to an activating group) is 1. The Morgan fingerprint density at radius 2 is 2.18 bits per heavy atom. The van der Waals surface area contributed by atoms with Crippen molar-refractivity contribution in [3.8, 4) is 0 Å². The van der Waals surface area contributed by atoms with Gasteiger partial charge in [-0.1, -0.05) is 0 Å². The minimum Gasteiger partial charge on any atom is -0.388 e. The molecule has 1 atom stereocenters. The summed E-state index contributed by atoms with van der Waals surface area (Å²) in [7, 11) is 1.87. The minimum atomic E-state index is -0.710. The Morgan fingerprint density at radius 1 is 1.55 bits per heavy atom. The summed E-state index contributed by atoms with van der Waals surface area (Å²) in [4.78, 5) is 0. The molecule has 1 rings (SSSR count). The van der Waals surface area contributed by atoms with Gasteiger partial charge >= 0.3 is 0 Å². The lowest BCUT2D eigenvalue weighted by Gasteiger charge is -2.38. The first-order valence-electron chi connectivity index (χ1n) is 4.01. The molecule has 0 amide bonds. The molecular formula is C8H17NO2. The SMILES string of the molecule is CNC1(C(C)(C)O)CCOC1. The zero-order chi connectivity index (χ0) is 8.54. The second-order valence-corrected chi connectivity index (χ2v) is 3.69. The Bertz CT molecular complexity index is 134. The largest absolute Gasteiger partial charge is 0.388 e. The van der Waals surface area contributed by atoms with Crippen LogP contribution in [-0.4, -0.2) is 36.5 Å². The first kappa shape index (κ1) is 8.97. The Labute approximate surface area is 67.7 Å². The second-order valence-electron chi connectivity index (χ2n) is 3.69. The molecule has 1 fully saturated rings. The predicted octanol–water partition coefficient (Wildman–Crippen LogP) is 0.136. The van der Waals surface area contributed by atoms with Crippen molar-refractivity contribution < 1.29 is 9.84 Å². The van der Waals surface area contributed by atoms with Gasteiger partial charge in [0.25, 0.3) is 0 Å². The van der Waals surface area contributed by atoms with Gasteiger partial charge in [0.15, 0.2) is 0 Å². The van der Waals surface area contributed by atoms with Crippen molar-refractivity contribution in [2.75, 3.05) is 20.3 Å². The lowest BCUT2D eigenvalue weighted by Crippen LogP contribution is -2.59. The number of ether oxygens (including phenoxy) is 1. The molecule has 0 aromatic carbocycles. The zero-order valence-electron chi connectivity index (χ0n) is 7.48. The first-order chi connectivity index (χ1) is 5.02. The van der Waals surface area contributed by atoms with Crippen molar-refractivity contribution in [3.05, 3.63) is 0 Å². The van der Waals surface area contributed by atoms with E-state index in [1.54, 1.807) is 0 Å². The molecule has 0 bridgehead atoms. The molecule has 11 heavy (non-hydrogen) atoms. The summed E-state index contributed by atoms with van der Waals surface area (Å²) in [5.41, 5.74) is -0.953. The number of aliphatic hydroxyl groups is 1. The fourth-order valence-electron chi connectivity index (χ4n) is 1.55. The van der Waals surface area contributed by atoms with Crippen molar-refractivity contribution >= 4 is 0 Å². The Morgan fingerprint density at radius 3 is 2.36 bits per heavy atom. The topological polar surface area (TPSA) is 41.5 Å². The zero-order valence-corrected chi connectivity index (χ0v) is 7.48. The smallest absolute Gasteiger partial charge is 0.0795 e. The highest BCUT2D eigenvalue weighted by atomic mass is 16.5. The number of nitrogens with one attached hydrogen (secondary N) is 1. The van der Waals surface area contributed by atoms with Gasteiger partial charge in [-0.15, -0.1) is 0 Å². The molecule has 0 saturated carbocycles. The molecule has 1 unspecified atom stereocenters. The molecule has 3 heteroatoms. The lowest BCUT2D eigenvalue weighted by atomic mass is 9.82. The van der Waals surface area contributed by atoms with Gasteiger partial charge in [0.2, 0.25) is 0 Å². The monoisotopic (exact) mass is 159 g/mol. The van der Waals surface area contributed by atoms with Gasteiger partial charge in [-0.3, -0.25) is 0 Å². The van der Waals surface area contributed by atoms with Gasteiger partial charge in [0.1, 0.15) is 0 Å². The molecule has 66 valence electrons. The van der Waals surface area contributed by atoms with Crippen LogP contribution in [0.2, 0.25) is 0 Å². The van der Waals surface area contributed by atoms with E-state index in [-0.39, 0.29) is 5.54 Å². The Hall–Kier alpha value is -0.120. The molecule has 1 aliphatic heterocycles. The molecule has 0 aromatic rings. The van der Waals surface area contributed by atoms with Crippen LogP contribution in [0.4, 0.5) is 0 Å². The third kappa shape index (κ3) is 1.41. The maximum absolute atomic E-state index is 9.83. The van der Waals surface area contributed by atoms with Crippen LogP contribution in [0.1, 0.15) is 20.3 Å². The summed E-state index contributed by atoms with van der Waals surface area (Å²) in [6, 6.07) is 0. The average molecular weight is 159 g/mol. The van der Waals surface area contributed by atoms with Gasteiger partial charge in [0.05, 0.1) is 17.7 Å². The summed E-state index contributed by atoms with van der Waals surface area (Å²) < 4.78 is 5.26. The van der Waals surface area contributed by atoms with Gasteiger partial charge in [-0.05, 0) is 27.3 Å². The van der Waals surface area contributed by atoms with E-state index in [2.05, 4.69) is 5.32 Å². The average Bonchev–Trinajstić information content (AvgIpc) is 2.33. The molecule has 3 nitrogen and oxygen atoms in total. The lowest BCUT2D eigenvalue weighted by molar-refractivity contribution is -0.0228. The van der Waals surface area contributed by atoms with Crippen LogP contribution in [0.15, 0.2) is 0 Å². The minimum absolute atomic E-state index is 0.243. The van der Waals surface area contributed by atoms with E-state index in [4.69, 9.17) is 4.74 Å². The van der Waals surface area contributed by atoms with Crippen LogP contribution in [0, 0.1) is 0 Å². The first-order valence-corrected chi connectivity index (χ1v) is 4.01. The molecule has 2 N–H and O–H groups in total. The van der Waals surface area contributed by atoms with Crippen molar-refractivity contribution in [1.82, 2.24) is 5.32 Å². The van der Waals surface area contributed by atoms with Crippen LogP contribution >= 0.6 is 0 Å². The summed E-state index contributed by atoms with van der Waals surface area (Å²) >= 11 is 0. The van der Waals surface area contributed by atoms with E-state index in [0.717, 1.165) is 13.0 Å². The quantitative estimate of drug-likeness (QED) is 0.602. The molecule has 1 saturated heterocycles. The molecule has 0 aromatic heterocycles. The van der Waals surface area contributed by atoms with Crippen LogP contribution in [0.3, 0.4) is 0 Å². The maximum atomic E-state index is 9.83. The standard InChI is InChI=1S/C8H17NO2/c1-7(2,10)8(9-3)4-5-11-6-8/h9-10H,4-6H2,1-3H3.